The fourth-order valence-corrected chi connectivity index (χ4v) is 1.68. The van der Waals surface area contributed by atoms with Gasteiger partial charge < -0.3 is 14.9 Å². The summed E-state index contributed by atoms with van der Waals surface area (Å²) in [5, 5.41) is 18.9. The summed E-state index contributed by atoms with van der Waals surface area (Å²) in [6.07, 6.45) is -0.111. The third kappa shape index (κ3) is 2.28. The van der Waals surface area contributed by atoms with Crippen molar-refractivity contribution in [2.45, 2.75) is 6.42 Å². The first kappa shape index (κ1) is 11.2. The number of ether oxygens (including phenoxy) is 1. The number of phenolic OH excluding ortho intramolecular Hbond substituents is 1. The Bertz CT molecular complexity index is 580. The van der Waals surface area contributed by atoms with Crippen LogP contribution in [0.5, 0.6) is 11.6 Å². The standard InChI is InChI=1S/C12H11NO4/c1-17-11-4-7(5-12(15)16)9-3-2-8(14)6-10(9)13-11/h2-4,6,14H,5H2,1H3,(H,15,16). The Morgan fingerprint density at radius 2 is 2.18 bits per heavy atom. The first-order chi connectivity index (χ1) is 8.10. The van der Waals surface area contributed by atoms with Crippen molar-refractivity contribution >= 4 is 16.9 Å². The maximum atomic E-state index is 10.8. The lowest BCUT2D eigenvalue weighted by Gasteiger charge is -2.07. The van der Waals surface area contributed by atoms with Crippen molar-refractivity contribution in [3.63, 3.8) is 0 Å². The molecule has 0 radical (unpaired) electrons. The normalized spacial score (nSPS) is 10.4. The van der Waals surface area contributed by atoms with Gasteiger partial charge in [-0.15, -0.1) is 0 Å². The van der Waals surface area contributed by atoms with Crippen LogP contribution in [0.4, 0.5) is 0 Å². The van der Waals surface area contributed by atoms with Gasteiger partial charge >= 0.3 is 5.97 Å². The largest absolute Gasteiger partial charge is 0.508 e. The molecule has 0 amide bonds. The van der Waals surface area contributed by atoms with Gasteiger partial charge in [0.25, 0.3) is 0 Å². The number of hydrogen-bond acceptors (Lipinski definition) is 4. The van der Waals surface area contributed by atoms with E-state index in [4.69, 9.17) is 9.84 Å². The van der Waals surface area contributed by atoms with Gasteiger partial charge in [-0.05, 0) is 17.7 Å². The number of pyridine rings is 1. The molecule has 0 atom stereocenters. The lowest BCUT2D eigenvalue weighted by molar-refractivity contribution is -0.136. The number of rotatable bonds is 3. The summed E-state index contributed by atoms with van der Waals surface area (Å²) in [4.78, 5) is 14.9. The predicted octanol–water partition coefficient (Wildman–Crippen LogP) is 1.58. The van der Waals surface area contributed by atoms with Crippen LogP contribution in [0.25, 0.3) is 10.9 Å². The number of carboxylic acid groups (broad SMARTS) is 1. The van der Waals surface area contributed by atoms with Gasteiger partial charge in [-0.2, -0.15) is 0 Å². The van der Waals surface area contributed by atoms with E-state index in [2.05, 4.69) is 4.98 Å². The van der Waals surface area contributed by atoms with Crippen molar-refractivity contribution < 1.29 is 19.7 Å². The summed E-state index contributed by atoms with van der Waals surface area (Å²) in [5.74, 6) is -0.508. The number of methoxy groups -OCH3 is 1. The van der Waals surface area contributed by atoms with Crippen molar-refractivity contribution in [1.82, 2.24) is 4.98 Å². The van der Waals surface area contributed by atoms with Crippen LogP contribution < -0.4 is 4.74 Å². The van der Waals surface area contributed by atoms with E-state index in [1.165, 1.54) is 19.2 Å². The Labute approximate surface area is 97.3 Å². The molecule has 1 aromatic carbocycles. The number of nitrogens with zero attached hydrogens (tertiary/aromatic N) is 1. The monoisotopic (exact) mass is 233 g/mol. The molecule has 2 rings (SSSR count). The molecule has 2 N–H and O–H groups in total. The number of aromatic hydroxyl groups is 1. The number of fused-ring (bicyclic) bond motifs is 1. The van der Waals surface area contributed by atoms with Gasteiger partial charge in [-0.3, -0.25) is 4.79 Å². The van der Waals surface area contributed by atoms with Crippen molar-refractivity contribution in [2.24, 2.45) is 0 Å². The van der Waals surface area contributed by atoms with Gasteiger partial charge in [0.1, 0.15) is 5.75 Å². The van der Waals surface area contributed by atoms with Gasteiger partial charge in [-0.25, -0.2) is 4.98 Å². The van der Waals surface area contributed by atoms with E-state index in [0.717, 1.165) is 0 Å². The number of aliphatic carboxylic acids is 1. The molecule has 1 heterocycles. The van der Waals surface area contributed by atoms with Gasteiger partial charge in [0.2, 0.25) is 5.88 Å². The fourth-order valence-electron chi connectivity index (χ4n) is 1.68. The summed E-state index contributed by atoms with van der Waals surface area (Å²) in [6, 6.07) is 6.22. The van der Waals surface area contributed by atoms with Crippen LogP contribution in [0.1, 0.15) is 5.56 Å². The highest BCUT2D eigenvalue weighted by molar-refractivity contribution is 5.87. The smallest absolute Gasteiger partial charge is 0.307 e. The summed E-state index contributed by atoms with van der Waals surface area (Å²) < 4.78 is 5.00. The highest BCUT2D eigenvalue weighted by Crippen LogP contribution is 2.25. The van der Waals surface area contributed by atoms with Gasteiger partial charge in [-0.1, -0.05) is 0 Å². The first-order valence-corrected chi connectivity index (χ1v) is 4.98. The summed E-state index contributed by atoms with van der Waals surface area (Å²) in [7, 11) is 1.46. The van der Waals surface area contributed by atoms with Crippen LogP contribution in [0.3, 0.4) is 0 Å². The molecule has 0 saturated heterocycles. The van der Waals surface area contributed by atoms with Crippen LogP contribution in [0.2, 0.25) is 0 Å². The second-order valence-corrected chi connectivity index (χ2v) is 3.60. The molecule has 0 spiro atoms. The molecule has 88 valence electrons. The van der Waals surface area contributed by atoms with Crippen LogP contribution >= 0.6 is 0 Å². The topological polar surface area (TPSA) is 79.7 Å². The minimum Gasteiger partial charge on any atom is -0.508 e. The molecule has 2 aromatic rings. The molecule has 5 heteroatoms. The Morgan fingerprint density at radius 1 is 1.41 bits per heavy atom. The molecule has 0 saturated carbocycles. The lowest BCUT2D eigenvalue weighted by atomic mass is 10.1. The van der Waals surface area contributed by atoms with Crippen LogP contribution in [-0.2, 0) is 11.2 Å². The van der Waals surface area contributed by atoms with Crippen molar-refractivity contribution in [3.8, 4) is 11.6 Å². The predicted molar refractivity (Wildman–Crippen MR) is 61.3 cm³/mol. The van der Waals surface area contributed by atoms with E-state index >= 15 is 0 Å². The van der Waals surface area contributed by atoms with Gasteiger partial charge in [0.05, 0.1) is 19.0 Å². The van der Waals surface area contributed by atoms with Crippen molar-refractivity contribution in [3.05, 3.63) is 29.8 Å². The molecule has 0 aliphatic carbocycles. The van der Waals surface area contributed by atoms with Crippen LogP contribution in [-0.4, -0.2) is 28.3 Å². The minimum atomic E-state index is -0.923. The second-order valence-electron chi connectivity index (χ2n) is 3.60. The maximum Gasteiger partial charge on any atom is 0.307 e. The first-order valence-electron chi connectivity index (χ1n) is 4.98. The average molecular weight is 233 g/mol. The molecule has 0 fully saturated rings. The Balaban J connectivity index is 2.66. The zero-order valence-electron chi connectivity index (χ0n) is 9.17. The highest BCUT2D eigenvalue weighted by atomic mass is 16.5. The molecule has 5 nitrogen and oxygen atoms in total. The molecule has 17 heavy (non-hydrogen) atoms. The zero-order chi connectivity index (χ0) is 12.4. The molecular weight excluding hydrogens is 222 g/mol. The zero-order valence-corrected chi connectivity index (χ0v) is 9.17. The summed E-state index contributed by atoms with van der Waals surface area (Å²) in [5.41, 5.74) is 1.12. The molecule has 0 bridgehead atoms. The second kappa shape index (κ2) is 4.29. The number of phenols is 1. The Kier molecular flexibility index (Phi) is 2.82. The van der Waals surface area contributed by atoms with Gasteiger partial charge in [0.15, 0.2) is 0 Å². The average Bonchev–Trinajstić information content (AvgIpc) is 2.27. The number of aromatic nitrogens is 1. The molecule has 0 unspecified atom stereocenters. The number of benzene rings is 1. The van der Waals surface area contributed by atoms with Crippen LogP contribution in [0, 0.1) is 0 Å². The maximum absolute atomic E-state index is 10.8. The van der Waals surface area contributed by atoms with E-state index in [1.807, 2.05) is 0 Å². The number of carbonyl (C=O) groups is 1. The lowest BCUT2D eigenvalue weighted by Crippen LogP contribution is -2.02. The van der Waals surface area contributed by atoms with E-state index in [-0.39, 0.29) is 12.2 Å². The molecule has 0 aliphatic heterocycles. The highest BCUT2D eigenvalue weighted by Gasteiger charge is 2.10. The quantitative estimate of drug-likeness (QED) is 0.841. The minimum absolute atomic E-state index is 0.0829. The van der Waals surface area contributed by atoms with E-state index in [1.54, 1.807) is 12.1 Å². The molecule has 1 aromatic heterocycles. The van der Waals surface area contributed by atoms with E-state index in [0.29, 0.717) is 22.3 Å². The summed E-state index contributed by atoms with van der Waals surface area (Å²) in [6.45, 7) is 0. The molecular formula is C12H11NO4. The van der Waals surface area contributed by atoms with Crippen LogP contribution in [0.15, 0.2) is 24.3 Å². The summed E-state index contributed by atoms with van der Waals surface area (Å²) >= 11 is 0. The Hall–Kier alpha value is -2.30. The number of hydrogen-bond donors (Lipinski definition) is 2. The SMILES string of the molecule is COc1cc(CC(=O)O)c2ccc(O)cc2n1. The molecule has 0 aliphatic rings. The third-order valence-electron chi connectivity index (χ3n) is 2.41. The fraction of sp³-hybridized carbons (Fsp3) is 0.167. The van der Waals surface area contributed by atoms with Crippen molar-refractivity contribution in [2.75, 3.05) is 7.11 Å². The van der Waals surface area contributed by atoms with Crippen molar-refractivity contribution in [1.29, 1.82) is 0 Å². The third-order valence-corrected chi connectivity index (χ3v) is 2.41. The van der Waals surface area contributed by atoms with E-state index < -0.39 is 5.97 Å². The Morgan fingerprint density at radius 3 is 2.82 bits per heavy atom. The van der Waals surface area contributed by atoms with Gasteiger partial charge in [0, 0.05) is 17.5 Å². The number of carboxylic acids is 1. The van der Waals surface area contributed by atoms with E-state index in [9.17, 15) is 9.90 Å².